The number of urea groups is 1. The number of H-pyrrole nitrogens is 1. The van der Waals surface area contributed by atoms with Crippen LogP contribution in [0.15, 0.2) is 34.7 Å². The monoisotopic (exact) mass is 314 g/mol. The minimum absolute atomic E-state index is 0.239. The van der Waals surface area contributed by atoms with E-state index in [1.54, 1.807) is 7.11 Å². The van der Waals surface area contributed by atoms with E-state index in [0.29, 0.717) is 18.1 Å². The normalized spacial score (nSPS) is 10.7. The molecule has 0 saturated heterocycles. The van der Waals surface area contributed by atoms with E-state index in [9.17, 15) is 4.79 Å². The van der Waals surface area contributed by atoms with Crippen molar-refractivity contribution in [2.45, 2.75) is 20.0 Å². The zero-order valence-corrected chi connectivity index (χ0v) is 13.0. The van der Waals surface area contributed by atoms with Crippen LogP contribution < -0.4 is 15.4 Å². The molecule has 2 amide bonds. The second kappa shape index (κ2) is 6.43. The van der Waals surface area contributed by atoms with E-state index in [2.05, 4.69) is 20.8 Å². The fourth-order valence-corrected chi connectivity index (χ4v) is 2.37. The lowest BCUT2D eigenvalue weighted by molar-refractivity contribution is 0.239. The smallest absolute Gasteiger partial charge is 0.315 e. The summed E-state index contributed by atoms with van der Waals surface area (Å²) < 4.78 is 11.1. The average Bonchev–Trinajstić information content (AvgIpc) is 3.13. The van der Waals surface area contributed by atoms with Crippen LogP contribution in [-0.4, -0.2) is 23.3 Å². The molecule has 2 heterocycles. The number of furan rings is 1. The molecule has 0 unspecified atom stereocenters. The number of nitrogens with zero attached hydrogens (tertiary/aromatic N) is 1. The first-order valence-electron chi connectivity index (χ1n) is 7.24. The number of methoxy groups -OCH3 is 1. The summed E-state index contributed by atoms with van der Waals surface area (Å²) in [6, 6.07) is 9.16. The van der Waals surface area contributed by atoms with Gasteiger partial charge in [-0.2, -0.15) is 5.10 Å². The number of carbonyl (C=O) groups excluding carboxylic acids is 1. The van der Waals surface area contributed by atoms with Crippen LogP contribution in [-0.2, 0) is 13.1 Å². The number of benzene rings is 1. The van der Waals surface area contributed by atoms with Gasteiger partial charge in [-0.1, -0.05) is 12.1 Å². The van der Waals surface area contributed by atoms with Crippen LogP contribution in [0.25, 0.3) is 11.0 Å². The Morgan fingerprint density at radius 1 is 1.30 bits per heavy atom. The molecular weight excluding hydrogens is 296 g/mol. The van der Waals surface area contributed by atoms with Crippen molar-refractivity contribution in [1.82, 2.24) is 20.8 Å². The summed E-state index contributed by atoms with van der Waals surface area (Å²) in [5, 5.41) is 13.3. The van der Waals surface area contributed by atoms with E-state index in [1.807, 2.05) is 37.3 Å². The lowest BCUT2D eigenvalue weighted by atomic mass is 10.2. The maximum atomic E-state index is 11.9. The van der Waals surface area contributed by atoms with Crippen molar-refractivity contribution < 1.29 is 13.9 Å². The van der Waals surface area contributed by atoms with Crippen molar-refractivity contribution in [3.05, 3.63) is 47.5 Å². The van der Waals surface area contributed by atoms with Gasteiger partial charge in [-0.05, 0) is 25.1 Å². The van der Waals surface area contributed by atoms with Crippen LogP contribution in [0.1, 0.15) is 17.1 Å². The predicted octanol–water partition coefficient (Wildman–Crippen LogP) is 2.47. The molecule has 3 aromatic rings. The Labute approximate surface area is 133 Å². The van der Waals surface area contributed by atoms with Crippen LogP contribution in [0, 0.1) is 6.92 Å². The van der Waals surface area contributed by atoms with Gasteiger partial charge >= 0.3 is 6.03 Å². The molecule has 23 heavy (non-hydrogen) atoms. The molecule has 0 bridgehead atoms. The maximum absolute atomic E-state index is 11.9. The van der Waals surface area contributed by atoms with Gasteiger partial charge in [0, 0.05) is 5.69 Å². The van der Waals surface area contributed by atoms with Gasteiger partial charge in [-0.25, -0.2) is 4.79 Å². The fourth-order valence-electron chi connectivity index (χ4n) is 2.37. The Morgan fingerprint density at radius 2 is 2.09 bits per heavy atom. The maximum Gasteiger partial charge on any atom is 0.315 e. The number of ether oxygens (including phenoxy) is 1. The lowest BCUT2D eigenvalue weighted by Crippen LogP contribution is -2.34. The molecule has 0 aliphatic heterocycles. The Hall–Kier alpha value is -2.96. The molecule has 2 aromatic heterocycles. The highest BCUT2D eigenvalue weighted by Crippen LogP contribution is 2.32. The van der Waals surface area contributed by atoms with E-state index in [1.165, 1.54) is 0 Å². The van der Waals surface area contributed by atoms with Crippen LogP contribution in [0.2, 0.25) is 0 Å². The number of nitrogens with one attached hydrogen (secondary N) is 3. The summed E-state index contributed by atoms with van der Waals surface area (Å²) in [6.45, 7) is 2.50. The number of hydrogen-bond donors (Lipinski definition) is 3. The SMILES string of the molecule is COc1c(CNC(=O)NCc2cc(C)[nH]n2)oc2ccccc12. The molecule has 0 spiro atoms. The summed E-state index contributed by atoms with van der Waals surface area (Å²) in [5.74, 6) is 1.23. The minimum Gasteiger partial charge on any atom is -0.492 e. The standard InChI is InChI=1S/C16H18N4O3/c1-10-7-11(20-19-10)8-17-16(21)18-9-14-15(22-2)12-5-3-4-6-13(12)23-14/h3-7H,8-9H2,1-2H3,(H,19,20)(H2,17,18,21). The van der Waals surface area contributed by atoms with Crippen molar-refractivity contribution >= 4 is 17.0 Å². The molecule has 3 N–H and O–H groups in total. The van der Waals surface area contributed by atoms with Gasteiger partial charge in [0.15, 0.2) is 11.5 Å². The molecule has 7 heteroatoms. The Morgan fingerprint density at radius 3 is 2.83 bits per heavy atom. The van der Waals surface area contributed by atoms with E-state index >= 15 is 0 Å². The first kappa shape index (κ1) is 15.0. The molecule has 120 valence electrons. The van der Waals surface area contributed by atoms with Crippen LogP contribution in [0.4, 0.5) is 4.79 Å². The van der Waals surface area contributed by atoms with E-state index in [0.717, 1.165) is 22.4 Å². The van der Waals surface area contributed by atoms with Gasteiger partial charge in [-0.15, -0.1) is 0 Å². The van der Waals surface area contributed by atoms with Crippen LogP contribution in [0.5, 0.6) is 5.75 Å². The van der Waals surface area contributed by atoms with Crippen LogP contribution in [0.3, 0.4) is 0 Å². The summed E-state index contributed by atoms with van der Waals surface area (Å²) in [5.41, 5.74) is 2.46. The number of amides is 2. The number of rotatable bonds is 5. The van der Waals surface area contributed by atoms with Crippen LogP contribution >= 0.6 is 0 Å². The number of aromatic nitrogens is 2. The molecular formula is C16H18N4O3. The van der Waals surface area contributed by atoms with Gasteiger partial charge in [0.2, 0.25) is 0 Å². The summed E-state index contributed by atoms with van der Waals surface area (Å²) in [4.78, 5) is 11.9. The molecule has 0 radical (unpaired) electrons. The van der Waals surface area contributed by atoms with Gasteiger partial charge < -0.3 is 19.8 Å². The van der Waals surface area contributed by atoms with E-state index in [-0.39, 0.29) is 12.6 Å². The first-order chi connectivity index (χ1) is 11.2. The third-order valence-corrected chi connectivity index (χ3v) is 3.42. The van der Waals surface area contributed by atoms with Crippen molar-refractivity contribution in [2.75, 3.05) is 7.11 Å². The third kappa shape index (κ3) is 3.28. The summed E-state index contributed by atoms with van der Waals surface area (Å²) >= 11 is 0. The molecule has 0 aliphatic rings. The second-order valence-corrected chi connectivity index (χ2v) is 5.13. The topological polar surface area (TPSA) is 92.2 Å². The fraction of sp³-hybridized carbons (Fsp3) is 0.250. The molecule has 0 fully saturated rings. The summed E-state index contributed by atoms with van der Waals surface area (Å²) in [7, 11) is 1.58. The first-order valence-corrected chi connectivity index (χ1v) is 7.24. The zero-order valence-electron chi connectivity index (χ0n) is 13.0. The zero-order chi connectivity index (χ0) is 16.2. The van der Waals surface area contributed by atoms with Gasteiger partial charge in [0.25, 0.3) is 0 Å². The molecule has 7 nitrogen and oxygen atoms in total. The third-order valence-electron chi connectivity index (χ3n) is 3.42. The predicted molar refractivity (Wildman–Crippen MR) is 85.2 cm³/mol. The molecule has 3 rings (SSSR count). The number of hydrogen-bond acceptors (Lipinski definition) is 4. The van der Waals surface area contributed by atoms with Gasteiger partial charge in [0.1, 0.15) is 5.58 Å². The highest BCUT2D eigenvalue weighted by atomic mass is 16.5. The largest absolute Gasteiger partial charge is 0.492 e. The van der Waals surface area contributed by atoms with Gasteiger partial charge in [0.05, 0.1) is 31.3 Å². The van der Waals surface area contributed by atoms with Crippen molar-refractivity contribution in [3.8, 4) is 5.75 Å². The number of aromatic amines is 1. The van der Waals surface area contributed by atoms with Crippen molar-refractivity contribution in [3.63, 3.8) is 0 Å². The Kier molecular flexibility index (Phi) is 4.18. The number of carbonyl (C=O) groups is 1. The second-order valence-electron chi connectivity index (χ2n) is 5.13. The number of aryl methyl sites for hydroxylation is 1. The van der Waals surface area contributed by atoms with Gasteiger partial charge in [-0.3, -0.25) is 5.10 Å². The molecule has 0 atom stereocenters. The van der Waals surface area contributed by atoms with E-state index < -0.39 is 0 Å². The highest BCUT2D eigenvalue weighted by Gasteiger charge is 2.15. The van der Waals surface area contributed by atoms with Crippen molar-refractivity contribution in [1.29, 1.82) is 0 Å². The quantitative estimate of drug-likeness (QED) is 0.674. The Bertz CT molecular complexity index is 822. The van der Waals surface area contributed by atoms with E-state index in [4.69, 9.17) is 9.15 Å². The number of fused-ring (bicyclic) bond motifs is 1. The lowest BCUT2D eigenvalue weighted by Gasteiger charge is -2.06. The number of para-hydroxylation sites is 1. The average molecular weight is 314 g/mol. The minimum atomic E-state index is -0.298. The molecule has 0 aliphatic carbocycles. The highest BCUT2D eigenvalue weighted by molar-refractivity contribution is 5.85. The molecule has 0 saturated carbocycles. The summed E-state index contributed by atoms with van der Waals surface area (Å²) in [6.07, 6.45) is 0. The molecule has 1 aromatic carbocycles. The van der Waals surface area contributed by atoms with Crippen molar-refractivity contribution in [2.24, 2.45) is 0 Å². The Balaban J connectivity index is 1.60.